The van der Waals surface area contributed by atoms with Crippen LogP contribution >= 0.6 is 0 Å². The minimum absolute atomic E-state index is 0.0784. The van der Waals surface area contributed by atoms with Crippen LogP contribution in [0.4, 0.5) is 0 Å². The highest BCUT2D eigenvalue weighted by Gasteiger charge is 2.62. The zero-order chi connectivity index (χ0) is 102. The molecule has 4 aromatic carbocycles. The number of esters is 2. The molecule has 4 aromatic rings. The average molecular weight is 2020 g/mol. The standard InChI is InChI=1S/C87H113NO53/c1-24-48(97)31(88)12-43(124-24)125-33-14-87(120,13-30-45(33)52(101)47-46(50(30)99)49(98)27-8-5-9-32(121-2)44(27)51(47)100)42(96)23-123-78(119)29-11-26-7-4-3-6-25(26)10-28(29)77(118)122-22-41-76-60(109)68(117)86(133-41)140-75-40(21-95)131-84(66(115)58(75)107)138-73-38(19-93)129-82(64(113)56(73)105)136-71-36(17-91)127-80(62(111)54(71)103)134-69-34(15-89)126-79(61(110)53(69)102)135-70-35(16-90)128-81(63(112)55(70)104)137-72-37(18-92)130-83(65(114)57(72)106)139-74-39(20-94)132-85(141-76)67(116)59(74)108/h3-11,24,31,33-41,43,48,53-76,79-86,89-95,97,99,101-117,120H,12-23,88H2,1-2H3/t24-,31-,33?,34+,35+,36+,37+,38+,39+,40+,41+,43-,48+,53+,54+,55+,56+,57+,58+,59+,60+,61+,62+,63+,64+,65+,66+,67+,68+,69+,70+,71+,72+,73+,74+,75+,76+,79+,80+,81+,82+,83+,84+,85+,86+,87-/m0/s1. The van der Waals surface area contributed by atoms with Crippen LogP contribution in [-0.2, 0) is 106 Å². The van der Waals surface area contributed by atoms with E-state index in [1.165, 1.54) is 56.5 Å². The van der Waals surface area contributed by atoms with Crippen molar-refractivity contribution in [3.63, 3.8) is 0 Å². The minimum atomic E-state index is -2.83. The van der Waals surface area contributed by atoms with E-state index in [4.69, 9.17) is 105 Å². The number of ether oxygens (including phenoxy) is 21. The van der Waals surface area contributed by atoms with Crippen molar-refractivity contribution in [2.75, 3.05) is 66.6 Å². The summed E-state index contributed by atoms with van der Waals surface area (Å²) in [7, 11) is 1.22. The lowest BCUT2D eigenvalue weighted by Crippen LogP contribution is -2.69. The third-order valence-electron chi connectivity index (χ3n) is 27.4. The first-order chi connectivity index (χ1) is 67.2. The number of carbonyl (C=O) groups is 5. The first-order valence-corrected chi connectivity index (χ1v) is 45.0. The van der Waals surface area contributed by atoms with Gasteiger partial charge in [-0.05, 0) is 35.9 Å². The molecule has 0 spiro atoms. The second-order valence-electron chi connectivity index (χ2n) is 36.2. The van der Waals surface area contributed by atoms with Crippen LogP contribution in [0.5, 0.6) is 17.2 Å². The van der Waals surface area contributed by atoms with E-state index in [0.29, 0.717) is 0 Å². The summed E-state index contributed by atoms with van der Waals surface area (Å²) in [5, 5.41) is 312. The monoisotopic (exact) mass is 2020 g/mol. The van der Waals surface area contributed by atoms with E-state index in [2.05, 4.69) is 0 Å². The number of phenols is 2. The molecule has 46 atom stereocenters. The number of rotatable bonds is 17. The molecule has 33 aliphatic rings. The van der Waals surface area contributed by atoms with Crippen LogP contribution in [0.3, 0.4) is 0 Å². The van der Waals surface area contributed by atoms with Gasteiger partial charge in [-0.25, -0.2) is 9.59 Å². The molecule has 0 amide bonds. The lowest BCUT2D eigenvalue weighted by atomic mass is 9.72. The summed E-state index contributed by atoms with van der Waals surface area (Å²) >= 11 is 0. The van der Waals surface area contributed by atoms with E-state index in [9.17, 15) is 157 Å². The number of methoxy groups -OCH3 is 1. The van der Waals surface area contributed by atoms with E-state index >= 15 is 4.79 Å². The molecule has 0 saturated carbocycles. The summed E-state index contributed by atoms with van der Waals surface area (Å²) in [6.45, 7) is -9.58. The van der Waals surface area contributed by atoms with Crippen LogP contribution in [0.25, 0.3) is 10.8 Å². The van der Waals surface area contributed by atoms with Crippen molar-refractivity contribution in [2.24, 2.45) is 5.73 Å². The smallest absolute Gasteiger partial charge is 0.339 e. The van der Waals surface area contributed by atoms with Crippen LogP contribution in [0.15, 0.2) is 54.6 Å². The van der Waals surface area contributed by atoms with Crippen molar-refractivity contribution in [3.8, 4) is 17.2 Å². The first-order valence-electron chi connectivity index (χ1n) is 45.0. The number of aliphatic hydroxyl groups excluding tert-OH is 24. The Kier molecular flexibility index (Phi) is 33.0. The molecule has 784 valence electrons. The molecule has 0 radical (unpaired) electrons. The third-order valence-corrected chi connectivity index (χ3v) is 27.4. The Morgan fingerprint density at radius 2 is 0.709 bits per heavy atom. The number of Topliss-reactive ketones (excluding diaryl/α,β-unsaturated/α-hetero) is 1. The van der Waals surface area contributed by atoms with Crippen molar-refractivity contribution >= 4 is 40.1 Å². The van der Waals surface area contributed by atoms with Gasteiger partial charge in [-0.3, -0.25) is 14.4 Å². The van der Waals surface area contributed by atoms with Gasteiger partial charge in [0.15, 0.2) is 69.0 Å². The molecule has 54 nitrogen and oxygen atoms in total. The summed E-state index contributed by atoms with van der Waals surface area (Å²) in [4.78, 5) is 73.7. The predicted molar refractivity (Wildman–Crippen MR) is 443 cm³/mol. The Labute approximate surface area is 795 Å². The summed E-state index contributed by atoms with van der Waals surface area (Å²) in [6.07, 6.45) is -96.3. The molecule has 31 fully saturated rings. The molecule has 29 N–H and O–H groups in total. The Morgan fingerprint density at radius 1 is 0.390 bits per heavy atom. The number of hydrogen-bond acceptors (Lipinski definition) is 54. The van der Waals surface area contributed by atoms with Gasteiger partial charge in [0.05, 0.1) is 99.5 Å². The van der Waals surface area contributed by atoms with Gasteiger partial charge >= 0.3 is 11.9 Å². The second kappa shape index (κ2) is 43.6. The van der Waals surface area contributed by atoms with Gasteiger partial charge in [0.1, 0.15) is 225 Å². The molecule has 0 aromatic heterocycles. The highest BCUT2D eigenvalue weighted by Crippen LogP contribution is 2.54. The maximum atomic E-state index is 15.1. The van der Waals surface area contributed by atoms with Gasteiger partial charge in [-0.15, -0.1) is 0 Å². The van der Waals surface area contributed by atoms with Crippen LogP contribution in [0.2, 0.25) is 0 Å². The van der Waals surface area contributed by atoms with Gasteiger partial charge in [-0.2, -0.15) is 0 Å². The van der Waals surface area contributed by atoms with Gasteiger partial charge in [-0.1, -0.05) is 36.4 Å². The molecule has 141 heavy (non-hydrogen) atoms. The van der Waals surface area contributed by atoms with Crippen molar-refractivity contribution < 1.29 is 261 Å². The SMILES string of the molecule is COc1cccc2c1C(=O)c1c(O)c3c(c(O)c1C2=O)C[C@@](O)(C(=O)COC(=O)c1cc2ccccc2cc1C(=O)OC[C@H]1O[C@@H]2O[C@H]4[C@H](O)[C@@H](O)[C@@H](O[C@H]5[C@H](O)[C@@H](O)[C@@H](O[C@H]6[C@H](O)[C@@H](O)[C@@H](O[C@H]7[C@H](O)[C@@H](O)[C@@H](O[C@H]8[C@H](O)[C@@H](O)[C@@H](O[C@H]9[C@H](O)[C@@H](O)[C@@H](O[C@H]%10[C@H](O)[C@@H](O)[C@@H](O[C@H]1[C@H](O)[C@H]2O)O[C@@H]%10CO)O[C@@H]9CO)O[C@@H]8CO)O[C@@H]7CO)O[C@@H]6CO)O[C@@H]5CO)O[C@@H]4CO)CC3O[C@H]1C[C@H](N)[C@H](O)[C@H](C)O1. The molecule has 54 heteroatoms. The molecule has 2 aliphatic carbocycles. The number of aromatic hydroxyl groups is 2. The number of benzene rings is 4. The molecule has 1 unspecified atom stereocenters. The van der Waals surface area contributed by atoms with Gasteiger partial charge < -0.3 is 243 Å². The molecular weight excluding hydrogens is 1910 g/mol. The number of phenolic OH excluding ortho intramolecular Hbond substituents is 2. The van der Waals surface area contributed by atoms with E-state index in [1.54, 1.807) is 0 Å². The molecular formula is C87H113NO53. The summed E-state index contributed by atoms with van der Waals surface area (Å²) in [5.74, 6) is -8.34. The second-order valence-corrected chi connectivity index (χ2v) is 36.2. The number of nitrogens with two attached hydrogens (primary N) is 1. The number of hydrogen-bond donors (Lipinski definition) is 28. The summed E-state index contributed by atoms with van der Waals surface area (Å²) < 4.78 is 123. The number of carbonyl (C=O) groups excluding carboxylic acids is 5. The Bertz CT molecular complexity index is 5030. The normalized spacial score (nSPS) is 44.0. The number of fused-ring (bicyclic) bond motifs is 4. The predicted octanol–water partition coefficient (Wildman–Crippen LogP) is -14.2. The number of ketones is 3. The summed E-state index contributed by atoms with van der Waals surface area (Å²) in [6, 6.07) is 11.2. The topological polar surface area (TPSA) is 851 Å². The zero-order valence-electron chi connectivity index (χ0n) is 74.4. The Hall–Kier alpha value is -7.27. The van der Waals surface area contributed by atoms with Crippen molar-refractivity contribution in [1.29, 1.82) is 0 Å². The van der Waals surface area contributed by atoms with Crippen LogP contribution in [0.1, 0.15) is 89.6 Å². The quantitative estimate of drug-likeness (QED) is 0.0304. The van der Waals surface area contributed by atoms with Crippen molar-refractivity contribution in [3.05, 3.63) is 99.1 Å². The van der Waals surface area contributed by atoms with E-state index in [1.807, 2.05) is 0 Å². The lowest BCUT2D eigenvalue weighted by Gasteiger charge is -2.50. The van der Waals surface area contributed by atoms with Gasteiger partial charge in [0, 0.05) is 42.0 Å². The number of aliphatic hydroxyl groups is 25. The van der Waals surface area contributed by atoms with Crippen LogP contribution < -0.4 is 10.5 Å². The average Bonchev–Trinajstić information content (AvgIpc) is 0.706. The summed E-state index contributed by atoms with van der Waals surface area (Å²) in [5.41, 5.74) is -0.848. The zero-order valence-corrected chi connectivity index (χ0v) is 74.4. The van der Waals surface area contributed by atoms with Gasteiger partial charge in [0.25, 0.3) is 0 Å². The van der Waals surface area contributed by atoms with E-state index in [0.717, 1.165) is 12.1 Å². The van der Waals surface area contributed by atoms with E-state index in [-0.39, 0.29) is 34.1 Å². The fraction of sp³-hybridized carbons (Fsp3) is 0.690. The Balaban J connectivity index is 0.679. The maximum Gasteiger partial charge on any atom is 0.339 e. The first kappa shape index (κ1) is 107. The van der Waals surface area contributed by atoms with Crippen LogP contribution in [0, 0.1) is 0 Å². The fourth-order valence-electron chi connectivity index (χ4n) is 19.7. The maximum absolute atomic E-state index is 15.1. The van der Waals surface area contributed by atoms with Gasteiger partial charge in [0.2, 0.25) is 11.6 Å². The highest BCUT2D eigenvalue weighted by atomic mass is 16.8. The van der Waals surface area contributed by atoms with Crippen molar-refractivity contribution in [2.45, 2.75) is 308 Å². The largest absolute Gasteiger partial charge is 0.507 e. The molecule has 31 aliphatic heterocycles. The van der Waals surface area contributed by atoms with Crippen LogP contribution in [-0.4, -0.2) is 510 Å². The highest BCUT2D eigenvalue weighted by molar-refractivity contribution is 6.31. The molecule has 31 saturated heterocycles. The lowest BCUT2D eigenvalue weighted by molar-refractivity contribution is -0.404. The van der Waals surface area contributed by atoms with Crippen molar-refractivity contribution in [1.82, 2.24) is 0 Å². The molecule has 31 heterocycles. The minimum Gasteiger partial charge on any atom is -0.507 e. The molecule has 16 bridgehead atoms. The fourth-order valence-corrected chi connectivity index (χ4v) is 19.7. The van der Waals surface area contributed by atoms with E-state index < -0.39 is 428 Å². The Morgan fingerprint density at radius 3 is 1.04 bits per heavy atom. The third kappa shape index (κ3) is 20.1. The molecule has 37 rings (SSSR count).